The number of para-hydroxylation sites is 3. The normalized spacial score (nSPS) is 12.1. The summed E-state index contributed by atoms with van der Waals surface area (Å²) in [6, 6.07) is 25.7. The molecule has 0 aliphatic heterocycles. The number of nitrogens with one attached hydrogen (secondary N) is 1. The molecule has 0 atom stereocenters. The Labute approximate surface area is 163 Å². The summed E-state index contributed by atoms with van der Waals surface area (Å²) in [4.78, 5) is 12.8. The third-order valence-corrected chi connectivity index (χ3v) is 4.89. The lowest BCUT2D eigenvalue weighted by molar-refractivity contribution is 0.547. The van der Waals surface area contributed by atoms with Crippen LogP contribution in [0.15, 0.2) is 92.7 Å². The van der Waals surface area contributed by atoms with E-state index in [9.17, 15) is 0 Å². The highest BCUT2D eigenvalue weighted by molar-refractivity contribution is 9.10. The second-order valence-corrected chi connectivity index (χ2v) is 7.11. The molecular formula is C22H14BrN3O. The maximum Gasteiger partial charge on any atom is 0.230 e. The van der Waals surface area contributed by atoms with Gasteiger partial charge in [0, 0.05) is 9.86 Å². The quantitative estimate of drug-likeness (QED) is 0.386. The molecule has 0 amide bonds. The first kappa shape index (κ1) is 16.0. The second-order valence-electron chi connectivity index (χ2n) is 6.19. The van der Waals surface area contributed by atoms with Crippen molar-refractivity contribution in [2.24, 2.45) is 4.99 Å². The zero-order chi connectivity index (χ0) is 18.2. The summed E-state index contributed by atoms with van der Waals surface area (Å²) in [5.41, 5.74) is 4.84. The average molecular weight is 416 g/mol. The van der Waals surface area contributed by atoms with E-state index < -0.39 is 0 Å². The zero-order valence-electron chi connectivity index (χ0n) is 14.2. The fourth-order valence-corrected chi connectivity index (χ4v) is 3.30. The predicted octanol–water partition coefficient (Wildman–Crippen LogP) is 5.97. The van der Waals surface area contributed by atoms with Crippen LogP contribution in [0.1, 0.15) is 0 Å². The lowest BCUT2D eigenvalue weighted by Crippen LogP contribution is -2.06. The summed E-state index contributed by atoms with van der Waals surface area (Å²) < 4.78 is 7.15. The van der Waals surface area contributed by atoms with Gasteiger partial charge in [0.2, 0.25) is 5.55 Å². The molecule has 27 heavy (non-hydrogen) atoms. The molecule has 0 bridgehead atoms. The van der Waals surface area contributed by atoms with Crippen molar-refractivity contribution < 1.29 is 4.42 Å². The van der Waals surface area contributed by atoms with Gasteiger partial charge in [-0.3, -0.25) is 0 Å². The first-order valence-electron chi connectivity index (χ1n) is 8.55. The molecule has 0 spiro atoms. The van der Waals surface area contributed by atoms with E-state index in [0.29, 0.717) is 5.55 Å². The van der Waals surface area contributed by atoms with Gasteiger partial charge < -0.3 is 9.40 Å². The smallest absolute Gasteiger partial charge is 0.230 e. The molecular weight excluding hydrogens is 402 g/mol. The largest absolute Gasteiger partial charge is 0.438 e. The summed E-state index contributed by atoms with van der Waals surface area (Å²) in [6.45, 7) is 0. The van der Waals surface area contributed by atoms with Crippen molar-refractivity contribution in [3.63, 3.8) is 0 Å². The van der Waals surface area contributed by atoms with Crippen LogP contribution in [0.5, 0.6) is 0 Å². The highest BCUT2D eigenvalue weighted by Crippen LogP contribution is 2.23. The Morgan fingerprint density at radius 3 is 2.52 bits per heavy atom. The first-order chi connectivity index (χ1) is 13.3. The van der Waals surface area contributed by atoms with E-state index in [4.69, 9.17) is 14.4 Å². The van der Waals surface area contributed by atoms with Crippen LogP contribution in [0.4, 0.5) is 5.69 Å². The molecule has 0 saturated heterocycles. The molecule has 5 rings (SSSR count). The monoisotopic (exact) mass is 415 g/mol. The van der Waals surface area contributed by atoms with Gasteiger partial charge >= 0.3 is 0 Å². The number of fused-ring (bicyclic) bond motifs is 2. The Bertz CT molecular complexity index is 1300. The SMILES string of the molecule is Brc1ccc(N=c2oc3ccccc3cc2-c2nc3ccccc3[nH]2)cc1. The summed E-state index contributed by atoms with van der Waals surface area (Å²) in [5.74, 6) is 0.738. The van der Waals surface area contributed by atoms with Gasteiger partial charge in [0.15, 0.2) is 0 Å². The van der Waals surface area contributed by atoms with Crippen molar-refractivity contribution in [1.82, 2.24) is 9.97 Å². The molecule has 5 aromatic rings. The minimum absolute atomic E-state index is 0.523. The van der Waals surface area contributed by atoms with Crippen molar-refractivity contribution in [3.8, 4) is 11.4 Å². The fourth-order valence-electron chi connectivity index (χ4n) is 3.04. The van der Waals surface area contributed by atoms with Crippen LogP contribution in [-0.2, 0) is 0 Å². The number of halogens is 1. The Hall–Kier alpha value is -3.18. The van der Waals surface area contributed by atoms with Crippen molar-refractivity contribution in [2.75, 3.05) is 0 Å². The maximum atomic E-state index is 6.14. The highest BCUT2D eigenvalue weighted by Gasteiger charge is 2.11. The number of H-pyrrole nitrogens is 1. The number of nitrogens with zero attached hydrogens (tertiary/aromatic N) is 2. The number of aromatic nitrogens is 2. The van der Waals surface area contributed by atoms with Crippen LogP contribution in [0, 0.1) is 0 Å². The minimum atomic E-state index is 0.523. The molecule has 0 aliphatic carbocycles. The van der Waals surface area contributed by atoms with Gasteiger partial charge in [-0.15, -0.1) is 0 Å². The molecule has 0 saturated carbocycles. The molecule has 0 aliphatic rings. The van der Waals surface area contributed by atoms with E-state index in [1.54, 1.807) is 0 Å². The lowest BCUT2D eigenvalue weighted by atomic mass is 10.2. The topological polar surface area (TPSA) is 54.2 Å². The van der Waals surface area contributed by atoms with E-state index in [-0.39, 0.29) is 0 Å². The van der Waals surface area contributed by atoms with E-state index >= 15 is 0 Å². The van der Waals surface area contributed by atoms with Crippen LogP contribution in [0.25, 0.3) is 33.4 Å². The number of benzene rings is 3. The number of hydrogen-bond acceptors (Lipinski definition) is 3. The van der Waals surface area contributed by atoms with E-state index in [1.165, 1.54) is 0 Å². The van der Waals surface area contributed by atoms with Gasteiger partial charge in [-0.25, -0.2) is 9.98 Å². The number of rotatable bonds is 2. The number of aromatic amines is 1. The molecule has 2 heterocycles. The van der Waals surface area contributed by atoms with Gasteiger partial charge in [-0.1, -0.05) is 46.3 Å². The summed E-state index contributed by atoms with van der Waals surface area (Å²) in [5, 5.41) is 1.00. The molecule has 5 heteroatoms. The van der Waals surface area contributed by atoms with Crippen LogP contribution < -0.4 is 5.55 Å². The van der Waals surface area contributed by atoms with E-state index in [0.717, 1.165) is 43.6 Å². The molecule has 1 N–H and O–H groups in total. The lowest BCUT2D eigenvalue weighted by Gasteiger charge is -2.03. The van der Waals surface area contributed by atoms with E-state index in [1.807, 2.05) is 72.8 Å². The van der Waals surface area contributed by atoms with Crippen molar-refractivity contribution in [2.45, 2.75) is 0 Å². The predicted molar refractivity (Wildman–Crippen MR) is 111 cm³/mol. The zero-order valence-corrected chi connectivity index (χ0v) is 15.8. The molecule has 4 nitrogen and oxygen atoms in total. The third kappa shape index (κ3) is 3.06. The Morgan fingerprint density at radius 1 is 0.889 bits per heavy atom. The molecule has 0 radical (unpaired) electrons. The Morgan fingerprint density at radius 2 is 1.67 bits per heavy atom. The molecule has 0 unspecified atom stereocenters. The minimum Gasteiger partial charge on any atom is -0.438 e. The molecule has 2 aromatic heterocycles. The fraction of sp³-hybridized carbons (Fsp3) is 0. The van der Waals surface area contributed by atoms with Crippen molar-refractivity contribution in [3.05, 3.63) is 88.9 Å². The average Bonchev–Trinajstić information content (AvgIpc) is 3.13. The Kier molecular flexibility index (Phi) is 3.87. The van der Waals surface area contributed by atoms with Crippen molar-refractivity contribution in [1.29, 1.82) is 0 Å². The Balaban J connectivity index is 1.79. The van der Waals surface area contributed by atoms with E-state index in [2.05, 4.69) is 27.0 Å². The van der Waals surface area contributed by atoms with Gasteiger partial charge in [0.05, 0.1) is 22.3 Å². The van der Waals surface area contributed by atoms with Gasteiger partial charge in [-0.2, -0.15) is 0 Å². The van der Waals surface area contributed by atoms with Gasteiger partial charge in [-0.05, 0) is 48.5 Å². The number of imidazole rings is 1. The second kappa shape index (κ2) is 6.52. The van der Waals surface area contributed by atoms with Crippen LogP contribution in [0.3, 0.4) is 0 Å². The summed E-state index contributed by atoms with van der Waals surface area (Å²) in [6.07, 6.45) is 0. The summed E-state index contributed by atoms with van der Waals surface area (Å²) in [7, 11) is 0. The van der Waals surface area contributed by atoms with Gasteiger partial charge in [0.25, 0.3) is 0 Å². The molecule has 0 fully saturated rings. The number of hydrogen-bond donors (Lipinski definition) is 1. The highest BCUT2D eigenvalue weighted by atomic mass is 79.9. The van der Waals surface area contributed by atoms with Crippen LogP contribution in [-0.4, -0.2) is 9.97 Å². The standard InChI is InChI=1S/C22H14BrN3O/c23-15-9-11-16(12-10-15)24-22-17(13-14-5-1-4-8-20(14)27-22)21-25-18-6-2-3-7-19(18)26-21/h1-13H,(H,25,26). The third-order valence-electron chi connectivity index (χ3n) is 4.36. The van der Waals surface area contributed by atoms with Crippen molar-refractivity contribution >= 4 is 43.6 Å². The first-order valence-corrected chi connectivity index (χ1v) is 9.34. The molecule has 130 valence electrons. The maximum absolute atomic E-state index is 6.14. The van der Waals surface area contributed by atoms with Crippen LogP contribution >= 0.6 is 15.9 Å². The molecule has 3 aromatic carbocycles. The van der Waals surface area contributed by atoms with Gasteiger partial charge in [0.1, 0.15) is 11.4 Å². The summed E-state index contributed by atoms with van der Waals surface area (Å²) >= 11 is 3.45. The van der Waals surface area contributed by atoms with Crippen LogP contribution in [0.2, 0.25) is 0 Å².